The molecule has 26 heavy (non-hydrogen) atoms. The Balaban J connectivity index is 0. The van der Waals surface area contributed by atoms with Gasteiger partial charge in [0.05, 0.1) is 5.97 Å². The molecule has 1 unspecified atom stereocenters. The Kier molecular flexibility index (Phi) is 21.3. The first-order valence-electron chi connectivity index (χ1n) is 10.3. The van der Waals surface area contributed by atoms with Crippen LogP contribution in [0.1, 0.15) is 111 Å². The van der Waals surface area contributed by atoms with Crippen LogP contribution in [0.2, 0.25) is 0 Å². The maximum Gasteiger partial charge on any atom is 1.00 e. The van der Waals surface area contributed by atoms with Crippen molar-refractivity contribution in [2.24, 2.45) is 5.92 Å². The molecule has 0 saturated carbocycles. The van der Waals surface area contributed by atoms with Crippen LogP contribution in [-0.2, 0) is 14.3 Å². The Bertz CT molecular complexity index is 345. The molecule has 0 heterocycles. The van der Waals surface area contributed by atoms with Gasteiger partial charge in [0, 0.05) is 6.42 Å². The number of esters is 1. The van der Waals surface area contributed by atoms with E-state index in [-0.39, 0.29) is 29.6 Å². The van der Waals surface area contributed by atoms with Gasteiger partial charge in [0.25, 0.3) is 0 Å². The summed E-state index contributed by atoms with van der Waals surface area (Å²) in [6.07, 6.45) is 15.5. The molecule has 148 valence electrons. The smallest absolute Gasteiger partial charge is 0.546 e. The Labute approximate surface area is 183 Å². The maximum atomic E-state index is 11.4. The number of carboxylic acids is 1. The second-order valence-corrected chi connectivity index (χ2v) is 7.63. The quantitative estimate of drug-likeness (QED) is 0.220. The van der Waals surface area contributed by atoms with E-state index in [1.165, 1.54) is 71.1 Å². The number of carbonyl (C=O) groups excluding carboxylic acids is 2. The summed E-state index contributed by atoms with van der Waals surface area (Å²) in [6.45, 7) is 5.91. The van der Waals surface area contributed by atoms with E-state index < -0.39 is 18.0 Å². The number of aliphatic carboxylic acids is 1. The number of rotatable bonds is 17. The predicted octanol–water partition coefficient (Wildman–Crippen LogP) is 1.79. The summed E-state index contributed by atoms with van der Waals surface area (Å²) in [4.78, 5) is 21.8. The Morgan fingerprint density at radius 3 is 1.50 bits per heavy atom. The van der Waals surface area contributed by atoms with Crippen LogP contribution in [0.4, 0.5) is 0 Å². The maximum absolute atomic E-state index is 11.4. The molecule has 5 heteroatoms. The third-order valence-corrected chi connectivity index (χ3v) is 4.55. The van der Waals surface area contributed by atoms with Gasteiger partial charge in [0.1, 0.15) is 6.10 Å². The fraction of sp³-hybridized carbons (Fsp3) is 0.905. The minimum Gasteiger partial charge on any atom is -0.546 e. The van der Waals surface area contributed by atoms with Crippen LogP contribution in [-0.4, -0.2) is 18.0 Å². The molecule has 0 spiro atoms. The molecule has 1 atom stereocenters. The third-order valence-electron chi connectivity index (χ3n) is 4.55. The molecule has 0 N–H and O–H groups in total. The van der Waals surface area contributed by atoms with Crippen molar-refractivity contribution in [2.45, 2.75) is 117 Å². The number of carboxylic acid groups (broad SMARTS) is 1. The van der Waals surface area contributed by atoms with Crippen molar-refractivity contribution in [3.63, 3.8) is 0 Å². The zero-order chi connectivity index (χ0) is 18.9. The third kappa shape index (κ3) is 20.3. The zero-order valence-electron chi connectivity index (χ0n) is 17.7. The molecule has 0 rings (SSSR count). The van der Waals surface area contributed by atoms with Crippen molar-refractivity contribution in [3.05, 3.63) is 0 Å². The van der Waals surface area contributed by atoms with E-state index in [1.807, 2.05) is 0 Å². The largest absolute Gasteiger partial charge is 1.00 e. The fourth-order valence-corrected chi connectivity index (χ4v) is 2.89. The molecule has 0 aromatic rings. The summed E-state index contributed by atoms with van der Waals surface area (Å²) in [6, 6.07) is 0. The van der Waals surface area contributed by atoms with E-state index >= 15 is 0 Å². The SMILES string of the molecule is CC(C)CCCCCCCCCCCCCCC(=O)OC(C)C(=O)[O-].[Na+]. The average molecular weight is 379 g/mol. The molecule has 0 aliphatic rings. The van der Waals surface area contributed by atoms with E-state index in [4.69, 9.17) is 4.74 Å². The molecule has 0 radical (unpaired) electrons. The topological polar surface area (TPSA) is 66.4 Å². The van der Waals surface area contributed by atoms with E-state index in [9.17, 15) is 14.7 Å². The van der Waals surface area contributed by atoms with Gasteiger partial charge in [-0.15, -0.1) is 0 Å². The van der Waals surface area contributed by atoms with Gasteiger partial charge in [0.15, 0.2) is 0 Å². The summed E-state index contributed by atoms with van der Waals surface area (Å²) in [5.74, 6) is -0.940. The number of unbranched alkanes of at least 4 members (excludes halogenated alkanes) is 11. The minimum absolute atomic E-state index is 0. The first kappa shape index (κ1) is 28.2. The van der Waals surface area contributed by atoms with Crippen LogP contribution in [0.25, 0.3) is 0 Å². The van der Waals surface area contributed by atoms with Crippen molar-refractivity contribution in [2.75, 3.05) is 0 Å². The van der Waals surface area contributed by atoms with Crippen molar-refractivity contribution in [3.8, 4) is 0 Å². The van der Waals surface area contributed by atoms with Crippen LogP contribution in [0.5, 0.6) is 0 Å². The standard InChI is InChI=1S/C21H40O4.Na/c1-18(2)16-14-12-10-8-6-4-5-7-9-11-13-15-17-20(22)25-19(3)21(23)24;/h18-19H,4-17H2,1-3H3,(H,23,24);/q;+1/p-1. The van der Waals surface area contributed by atoms with Crippen LogP contribution in [0.15, 0.2) is 0 Å². The Hall–Kier alpha value is -0.0600. The van der Waals surface area contributed by atoms with E-state index in [0.29, 0.717) is 6.42 Å². The normalized spacial score (nSPS) is 11.8. The minimum atomic E-state index is -1.34. The number of hydrogen-bond acceptors (Lipinski definition) is 4. The monoisotopic (exact) mass is 378 g/mol. The van der Waals surface area contributed by atoms with Gasteiger partial charge in [-0.05, 0) is 19.3 Å². The summed E-state index contributed by atoms with van der Waals surface area (Å²) in [7, 11) is 0. The van der Waals surface area contributed by atoms with Gasteiger partial charge in [-0.1, -0.05) is 90.9 Å². The molecule has 0 saturated heterocycles. The average Bonchev–Trinajstić information content (AvgIpc) is 2.54. The van der Waals surface area contributed by atoms with Crippen LogP contribution < -0.4 is 34.7 Å². The molecule has 4 nitrogen and oxygen atoms in total. The van der Waals surface area contributed by atoms with Crippen molar-refractivity contribution >= 4 is 11.9 Å². The van der Waals surface area contributed by atoms with Crippen molar-refractivity contribution in [1.82, 2.24) is 0 Å². The molecule has 0 bridgehead atoms. The fourth-order valence-electron chi connectivity index (χ4n) is 2.89. The van der Waals surface area contributed by atoms with Gasteiger partial charge in [-0.2, -0.15) is 0 Å². The second kappa shape index (κ2) is 19.7. The molecular weight excluding hydrogens is 339 g/mol. The molecule has 0 aliphatic heterocycles. The molecule has 0 fully saturated rings. The van der Waals surface area contributed by atoms with Crippen LogP contribution in [0.3, 0.4) is 0 Å². The predicted molar refractivity (Wildman–Crippen MR) is 100 cm³/mol. The van der Waals surface area contributed by atoms with E-state index in [2.05, 4.69) is 13.8 Å². The summed E-state index contributed by atoms with van der Waals surface area (Å²) >= 11 is 0. The van der Waals surface area contributed by atoms with Crippen LogP contribution in [0, 0.1) is 5.92 Å². The van der Waals surface area contributed by atoms with Gasteiger partial charge in [-0.3, -0.25) is 4.79 Å². The molecule has 0 amide bonds. The van der Waals surface area contributed by atoms with Gasteiger partial charge < -0.3 is 14.6 Å². The summed E-state index contributed by atoms with van der Waals surface area (Å²) in [5, 5.41) is 10.5. The Morgan fingerprint density at radius 1 is 0.731 bits per heavy atom. The first-order valence-corrected chi connectivity index (χ1v) is 10.3. The molecule has 0 aromatic heterocycles. The zero-order valence-corrected chi connectivity index (χ0v) is 19.7. The van der Waals surface area contributed by atoms with E-state index in [1.54, 1.807) is 0 Å². The Morgan fingerprint density at radius 2 is 1.12 bits per heavy atom. The summed E-state index contributed by atoms with van der Waals surface area (Å²) in [5.41, 5.74) is 0. The van der Waals surface area contributed by atoms with Gasteiger partial charge in [0.2, 0.25) is 0 Å². The van der Waals surface area contributed by atoms with Gasteiger partial charge >= 0.3 is 35.5 Å². The van der Waals surface area contributed by atoms with E-state index in [0.717, 1.165) is 25.2 Å². The molecule has 0 aromatic carbocycles. The molecule has 0 aliphatic carbocycles. The van der Waals surface area contributed by atoms with Crippen molar-refractivity contribution < 1.29 is 49.0 Å². The second-order valence-electron chi connectivity index (χ2n) is 7.63. The number of hydrogen-bond donors (Lipinski definition) is 0. The summed E-state index contributed by atoms with van der Waals surface area (Å²) < 4.78 is 4.73. The molecular formula is C21H39NaO4. The number of ether oxygens (including phenoxy) is 1. The first-order chi connectivity index (χ1) is 11.9. The van der Waals surface area contributed by atoms with Gasteiger partial charge in [-0.25, -0.2) is 0 Å². The number of carbonyl (C=O) groups is 2. The van der Waals surface area contributed by atoms with Crippen molar-refractivity contribution in [1.29, 1.82) is 0 Å². The van der Waals surface area contributed by atoms with Crippen LogP contribution >= 0.6 is 0 Å².